The van der Waals surface area contributed by atoms with Crippen LogP contribution in [0.3, 0.4) is 0 Å². The highest BCUT2D eigenvalue weighted by Crippen LogP contribution is 2.39. The Morgan fingerprint density at radius 2 is 1.58 bits per heavy atom. The maximum atomic E-state index is 12.7. The molecule has 0 amide bonds. The van der Waals surface area contributed by atoms with E-state index in [4.69, 9.17) is 5.73 Å². The van der Waals surface area contributed by atoms with Crippen molar-refractivity contribution in [3.8, 4) is 28.0 Å². The Kier molecular flexibility index (Phi) is 4.07. The lowest BCUT2D eigenvalue weighted by atomic mass is 9.95. The Labute approximate surface area is 135 Å². The van der Waals surface area contributed by atoms with Gasteiger partial charge >= 0.3 is 6.36 Å². The zero-order chi connectivity index (χ0) is 17.2. The van der Waals surface area contributed by atoms with E-state index in [0.29, 0.717) is 27.9 Å². The number of hydrogen-bond acceptors (Lipinski definition) is 4. The fraction of sp³-hybridized carbons (Fsp3) is 0.0588. The van der Waals surface area contributed by atoms with E-state index in [-0.39, 0.29) is 5.75 Å². The van der Waals surface area contributed by atoms with Gasteiger partial charge in [0.2, 0.25) is 0 Å². The molecule has 2 N–H and O–H groups in total. The second-order valence-corrected chi connectivity index (χ2v) is 4.98. The van der Waals surface area contributed by atoms with Gasteiger partial charge in [0, 0.05) is 29.2 Å². The Morgan fingerprint density at radius 3 is 2.29 bits per heavy atom. The zero-order valence-corrected chi connectivity index (χ0v) is 12.3. The van der Waals surface area contributed by atoms with Crippen LogP contribution >= 0.6 is 0 Å². The number of anilines is 1. The molecule has 1 heterocycles. The van der Waals surface area contributed by atoms with Gasteiger partial charge in [-0.05, 0) is 29.3 Å². The maximum absolute atomic E-state index is 12.7. The van der Waals surface area contributed by atoms with Gasteiger partial charge in [0.25, 0.3) is 0 Å². The third-order valence-corrected chi connectivity index (χ3v) is 3.32. The second-order valence-electron chi connectivity index (χ2n) is 4.98. The molecule has 3 rings (SSSR count). The third kappa shape index (κ3) is 3.45. The minimum atomic E-state index is -4.78. The summed E-state index contributed by atoms with van der Waals surface area (Å²) >= 11 is 0. The first-order valence-electron chi connectivity index (χ1n) is 6.94. The van der Waals surface area contributed by atoms with E-state index in [0.717, 1.165) is 0 Å². The number of benzene rings is 2. The smallest absolute Gasteiger partial charge is 0.405 e. The van der Waals surface area contributed by atoms with Crippen LogP contribution in [0, 0.1) is 0 Å². The van der Waals surface area contributed by atoms with Crippen molar-refractivity contribution in [2.45, 2.75) is 6.36 Å². The van der Waals surface area contributed by atoms with E-state index in [1.54, 1.807) is 42.7 Å². The summed E-state index contributed by atoms with van der Waals surface area (Å²) in [6.07, 6.45) is -0.271. The van der Waals surface area contributed by atoms with Crippen LogP contribution in [-0.4, -0.2) is 16.3 Å². The predicted molar refractivity (Wildman–Crippen MR) is 84.0 cm³/mol. The Morgan fingerprint density at radius 1 is 0.875 bits per heavy atom. The standard InChI is InChI=1S/C17H12F3N3O/c18-17(19,20)24-16-4-2-1-3-14(16)13-6-5-12(21)7-15(13)11-8-22-10-23-9-11/h1-10H,21H2. The number of hydrogen-bond donors (Lipinski definition) is 1. The molecule has 0 aliphatic heterocycles. The molecule has 7 heteroatoms. The van der Waals surface area contributed by atoms with E-state index >= 15 is 0 Å². The number of halogens is 3. The molecule has 0 atom stereocenters. The summed E-state index contributed by atoms with van der Waals surface area (Å²) in [5.41, 5.74) is 8.41. The first kappa shape index (κ1) is 15.8. The molecule has 0 fully saturated rings. The number of alkyl halides is 3. The minimum Gasteiger partial charge on any atom is -0.405 e. The Bertz CT molecular complexity index is 851. The van der Waals surface area contributed by atoms with Crippen LogP contribution < -0.4 is 10.5 Å². The van der Waals surface area contributed by atoms with Crippen molar-refractivity contribution >= 4 is 5.69 Å². The van der Waals surface area contributed by atoms with Crippen LogP contribution in [-0.2, 0) is 0 Å². The van der Waals surface area contributed by atoms with Gasteiger partial charge in [-0.1, -0.05) is 24.3 Å². The summed E-state index contributed by atoms with van der Waals surface area (Å²) in [5.74, 6) is -0.284. The number of nitrogens with zero attached hydrogens (tertiary/aromatic N) is 2. The molecular formula is C17H12F3N3O. The molecular weight excluding hydrogens is 319 g/mol. The molecule has 0 unspecified atom stereocenters. The molecule has 0 saturated heterocycles. The van der Waals surface area contributed by atoms with E-state index < -0.39 is 6.36 Å². The van der Waals surface area contributed by atoms with Crippen LogP contribution in [0.15, 0.2) is 61.2 Å². The summed E-state index contributed by atoms with van der Waals surface area (Å²) in [6.45, 7) is 0. The van der Waals surface area contributed by atoms with Crippen LogP contribution in [0.1, 0.15) is 0 Å². The average molecular weight is 331 g/mol. The van der Waals surface area contributed by atoms with E-state index in [2.05, 4.69) is 14.7 Å². The van der Waals surface area contributed by atoms with Crippen LogP contribution in [0.2, 0.25) is 0 Å². The zero-order valence-electron chi connectivity index (χ0n) is 12.3. The third-order valence-electron chi connectivity index (χ3n) is 3.32. The van der Waals surface area contributed by atoms with Gasteiger partial charge in [0.15, 0.2) is 0 Å². The van der Waals surface area contributed by atoms with Gasteiger partial charge in [-0.3, -0.25) is 0 Å². The number of nitrogen functional groups attached to an aromatic ring is 1. The monoisotopic (exact) mass is 331 g/mol. The number of rotatable bonds is 3. The van der Waals surface area contributed by atoms with Crippen LogP contribution in [0.5, 0.6) is 5.75 Å². The van der Waals surface area contributed by atoms with Gasteiger partial charge in [-0.25, -0.2) is 9.97 Å². The van der Waals surface area contributed by atoms with Gasteiger partial charge < -0.3 is 10.5 Å². The topological polar surface area (TPSA) is 61.0 Å². The lowest BCUT2D eigenvalue weighted by Gasteiger charge is -2.16. The van der Waals surface area contributed by atoms with Crippen LogP contribution in [0.4, 0.5) is 18.9 Å². The van der Waals surface area contributed by atoms with Crippen molar-refractivity contribution in [3.05, 3.63) is 61.2 Å². The number of nitrogens with two attached hydrogens (primary N) is 1. The summed E-state index contributed by atoms with van der Waals surface area (Å²) in [4.78, 5) is 7.89. The van der Waals surface area contributed by atoms with E-state index in [1.165, 1.54) is 18.5 Å². The Balaban J connectivity index is 2.18. The first-order chi connectivity index (χ1) is 11.4. The lowest BCUT2D eigenvalue weighted by molar-refractivity contribution is -0.274. The summed E-state index contributed by atoms with van der Waals surface area (Å²) in [6, 6.07) is 10.9. The van der Waals surface area contributed by atoms with Crippen molar-refractivity contribution in [1.29, 1.82) is 0 Å². The summed E-state index contributed by atoms with van der Waals surface area (Å²) in [7, 11) is 0. The molecule has 0 saturated carbocycles. The van der Waals surface area contributed by atoms with Gasteiger partial charge in [0.1, 0.15) is 12.1 Å². The maximum Gasteiger partial charge on any atom is 0.573 e. The van der Waals surface area contributed by atoms with Gasteiger partial charge in [0.05, 0.1) is 0 Å². The molecule has 122 valence electrons. The van der Waals surface area contributed by atoms with Crippen molar-refractivity contribution in [3.63, 3.8) is 0 Å². The Hall–Kier alpha value is -3.09. The highest BCUT2D eigenvalue weighted by atomic mass is 19.4. The molecule has 4 nitrogen and oxygen atoms in total. The first-order valence-corrected chi connectivity index (χ1v) is 6.94. The van der Waals surface area contributed by atoms with E-state index in [9.17, 15) is 13.2 Å². The van der Waals surface area contributed by atoms with Crippen molar-refractivity contribution in [2.75, 3.05) is 5.73 Å². The molecule has 0 aliphatic rings. The molecule has 3 aromatic rings. The van der Waals surface area contributed by atoms with Crippen molar-refractivity contribution in [2.24, 2.45) is 0 Å². The second kappa shape index (κ2) is 6.19. The molecule has 1 aromatic heterocycles. The molecule has 0 spiro atoms. The fourth-order valence-electron chi connectivity index (χ4n) is 2.38. The average Bonchev–Trinajstić information content (AvgIpc) is 2.55. The fourth-order valence-corrected chi connectivity index (χ4v) is 2.38. The largest absolute Gasteiger partial charge is 0.573 e. The number of aromatic nitrogens is 2. The number of para-hydroxylation sites is 1. The molecule has 0 aliphatic carbocycles. The van der Waals surface area contributed by atoms with Crippen molar-refractivity contribution < 1.29 is 17.9 Å². The van der Waals surface area contributed by atoms with Gasteiger partial charge in [-0.2, -0.15) is 0 Å². The minimum absolute atomic E-state index is 0.284. The highest BCUT2D eigenvalue weighted by Gasteiger charge is 2.32. The molecule has 24 heavy (non-hydrogen) atoms. The molecule has 0 radical (unpaired) electrons. The quantitative estimate of drug-likeness (QED) is 0.727. The van der Waals surface area contributed by atoms with E-state index in [1.807, 2.05) is 0 Å². The van der Waals surface area contributed by atoms with Crippen LogP contribution in [0.25, 0.3) is 22.3 Å². The molecule has 0 bridgehead atoms. The number of ether oxygens (including phenoxy) is 1. The van der Waals surface area contributed by atoms with Crippen molar-refractivity contribution in [1.82, 2.24) is 9.97 Å². The van der Waals surface area contributed by atoms with Gasteiger partial charge in [-0.15, -0.1) is 13.2 Å². The predicted octanol–water partition coefficient (Wildman–Crippen LogP) is 4.29. The summed E-state index contributed by atoms with van der Waals surface area (Å²) in [5, 5.41) is 0. The summed E-state index contributed by atoms with van der Waals surface area (Å²) < 4.78 is 42.1. The lowest BCUT2D eigenvalue weighted by Crippen LogP contribution is -2.17. The SMILES string of the molecule is Nc1ccc(-c2ccccc2OC(F)(F)F)c(-c2cncnc2)c1. The highest BCUT2D eigenvalue weighted by molar-refractivity contribution is 5.87. The molecule has 2 aromatic carbocycles. The normalized spacial score (nSPS) is 11.3.